The van der Waals surface area contributed by atoms with Crippen LogP contribution < -0.4 is 0 Å². The van der Waals surface area contributed by atoms with Crippen LogP contribution in [0.4, 0.5) is 0 Å². The number of fused-ring (bicyclic) bond motifs is 1. The number of benzene rings is 1. The lowest BCUT2D eigenvalue weighted by Gasteiger charge is -1.94. The largest absolute Gasteiger partial charge is 0.286 e. The SMILES string of the molecule is O=S(=O)(O)CCCc1nc2c(S)cccc2s1. The lowest BCUT2D eigenvalue weighted by molar-refractivity contribution is 0.481. The summed E-state index contributed by atoms with van der Waals surface area (Å²) in [5, 5.41) is 0.866. The fraction of sp³-hybridized carbons (Fsp3) is 0.300. The van der Waals surface area contributed by atoms with Gasteiger partial charge < -0.3 is 0 Å². The van der Waals surface area contributed by atoms with E-state index in [9.17, 15) is 8.42 Å². The Morgan fingerprint density at radius 2 is 2.18 bits per heavy atom. The van der Waals surface area contributed by atoms with Gasteiger partial charge in [-0.1, -0.05) is 6.07 Å². The normalized spacial score (nSPS) is 12.1. The monoisotopic (exact) mass is 289 g/mol. The van der Waals surface area contributed by atoms with E-state index in [1.807, 2.05) is 18.2 Å². The first-order valence-electron chi connectivity index (χ1n) is 4.98. The Hall–Kier alpha value is -0.630. The van der Waals surface area contributed by atoms with Crippen LogP contribution in [0.1, 0.15) is 11.4 Å². The molecular weight excluding hydrogens is 278 g/mol. The van der Waals surface area contributed by atoms with Gasteiger partial charge in [-0.3, -0.25) is 4.55 Å². The highest BCUT2D eigenvalue weighted by atomic mass is 32.2. The first-order chi connectivity index (χ1) is 7.96. The summed E-state index contributed by atoms with van der Waals surface area (Å²) in [5.74, 6) is -0.226. The summed E-state index contributed by atoms with van der Waals surface area (Å²) < 4.78 is 30.8. The maximum atomic E-state index is 10.6. The topological polar surface area (TPSA) is 67.3 Å². The molecule has 1 aromatic heterocycles. The van der Waals surface area contributed by atoms with E-state index in [2.05, 4.69) is 17.6 Å². The van der Waals surface area contributed by atoms with E-state index in [0.29, 0.717) is 12.8 Å². The van der Waals surface area contributed by atoms with Crippen LogP contribution in [0.3, 0.4) is 0 Å². The highest BCUT2D eigenvalue weighted by Crippen LogP contribution is 2.27. The second-order valence-corrected chi connectivity index (χ2v) is 6.79. The minimum absolute atomic E-state index is 0.226. The van der Waals surface area contributed by atoms with Gasteiger partial charge in [-0.05, 0) is 18.6 Å². The van der Waals surface area contributed by atoms with Crippen molar-refractivity contribution in [3.05, 3.63) is 23.2 Å². The number of hydrogen-bond donors (Lipinski definition) is 2. The average Bonchev–Trinajstić information content (AvgIpc) is 2.60. The van der Waals surface area contributed by atoms with E-state index in [4.69, 9.17) is 4.55 Å². The van der Waals surface area contributed by atoms with Crippen LogP contribution in [0.2, 0.25) is 0 Å². The Kier molecular flexibility index (Phi) is 3.72. The molecule has 2 aromatic rings. The fourth-order valence-electron chi connectivity index (χ4n) is 1.49. The predicted molar refractivity (Wildman–Crippen MR) is 71.6 cm³/mol. The van der Waals surface area contributed by atoms with Gasteiger partial charge in [-0.15, -0.1) is 24.0 Å². The summed E-state index contributed by atoms with van der Waals surface area (Å²) in [6.45, 7) is 0. The lowest BCUT2D eigenvalue weighted by atomic mass is 10.3. The molecule has 0 saturated heterocycles. The van der Waals surface area contributed by atoms with Gasteiger partial charge in [0.1, 0.15) is 0 Å². The molecule has 0 atom stereocenters. The molecule has 2 rings (SSSR count). The maximum absolute atomic E-state index is 10.6. The zero-order valence-corrected chi connectivity index (χ0v) is 11.4. The molecule has 0 spiro atoms. The van der Waals surface area contributed by atoms with Crippen LogP contribution in [0, 0.1) is 0 Å². The van der Waals surface area contributed by atoms with Gasteiger partial charge in [0, 0.05) is 11.3 Å². The van der Waals surface area contributed by atoms with Crippen molar-refractivity contribution in [1.82, 2.24) is 4.98 Å². The minimum Gasteiger partial charge on any atom is -0.286 e. The number of thiol groups is 1. The number of rotatable bonds is 4. The van der Waals surface area contributed by atoms with E-state index < -0.39 is 10.1 Å². The lowest BCUT2D eigenvalue weighted by Crippen LogP contribution is -2.04. The quantitative estimate of drug-likeness (QED) is 0.670. The van der Waals surface area contributed by atoms with Crippen molar-refractivity contribution in [2.45, 2.75) is 17.7 Å². The van der Waals surface area contributed by atoms with Crippen LogP contribution >= 0.6 is 24.0 Å². The van der Waals surface area contributed by atoms with Crippen LogP contribution in [-0.4, -0.2) is 23.7 Å². The number of hydrogen-bond acceptors (Lipinski definition) is 5. The third-order valence-corrected chi connectivity index (χ3v) is 4.48. The van der Waals surface area contributed by atoms with Crippen LogP contribution in [-0.2, 0) is 16.5 Å². The van der Waals surface area contributed by atoms with Crippen LogP contribution in [0.15, 0.2) is 23.1 Å². The standard InChI is InChI=1S/C10H11NO3S3/c12-17(13,14)6-2-5-9-11-10-7(15)3-1-4-8(10)16-9/h1,3-4,15H,2,5-6H2,(H,12,13,14). The van der Waals surface area contributed by atoms with Crippen molar-refractivity contribution in [2.75, 3.05) is 5.75 Å². The van der Waals surface area contributed by atoms with Gasteiger partial charge in [-0.2, -0.15) is 8.42 Å². The molecule has 0 saturated carbocycles. The second-order valence-electron chi connectivity index (χ2n) is 3.62. The number of aromatic nitrogens is 1. The van der Waals surface area contributed by atoms with E-state index in [-0.39, 0.29) is 5.75 Å². The Morgan fingerprint density at radius 3 is 2.82 bits per heavy atom. The molecule has 17 heavy (non-hydrogen) atoms. The molecular formula is C10H11NO3S3. The molecule has 0 aliphatic rings. The summed E-state index contributed by atoms with van der Waals surface area (Å²) in [7, 11) is -3.87. The molecule has 0 radical (unpaired) electrons. The number of para-hydroxylation sites is 1. The highest BCUT2D eigenvalue weighted by Gasteiger charge is 2.08. The van der Waals surface area contributed by atoms with Gasteiger partial charge >= 0.3 is 0 Å². The number of nitrogens with zero attached hydrogens (tertiary/aromatic N) is 1. The fourth-order valence-corrected chi connectivity index (χ4v) is 3.37. The Morgan fingerprint density at radius 1 is 1.41 bits per heavy atom. The molecule has 0 amide bonds. The van der Waals surface area contributed by atoms with Gasteiger partial charge in [0.2, 0.25) is 0 Å². The van der Waals surface area contributed by atoms with Gasteiger partial charge in [-0.25, -0.2) is 4.98 Å². The molecule has 0 fully saturated rings. The Balaban J connectivity index is 2.12. The Bertz CT molecular complexity index is 633. The van der Waals surface area contributed by atoms with E-state index >= 15 is 0 Å². The van der Waals surface area contributed by atoms with Gasteiger partial charge in [0.25, 0.3) is 10.1 Å². The molecule has 0 aliphatic carbocycles. The van der Waals surface area contributed by atoms with Gasteiger partial charge in [0.05, 0.1) is 21.0 Å². The summed E-state index contributed by atoms with van der Waals surface area (Å²) in [6, 6.07) is 5.73. The minimum atomic E-state index is -3.87. The van der Waals surface area contributed by atoms with E-state index in [0.717, 1.165) is 20.1 Å². The molecule has 4 nitrogen and oxygen atoms in total. The molecule has 1 N–H and O–H groups in total. The summed E-state index contributed by atoms with van der Waals surface area (Å²) >= 11 is 5.83. The smallest absolute Gasteiger partial charge is 0.264 e. The van der Waals surface area contributed by atoms with Crippen molar-refractivity contribution in [2.24, 2.45) is 0 Å². The van der Waals surface area contributed by atoms with Crippen LogP contribution in [0.25, 0.3) is 10.2 Å². The zero-order chi connectivity index (χ0) is 12.5. The molecule has 92 valence electrons. The molecule has 0 aliphatic heterocycles. The second kappa shape index (κ2) is 4.93. The summed E-state index contributed by atoms with van der Waals surface area (Å²) in [5.41, 5.74) is 0.850. The third-order valence-electron chi connectivity index (χ3n) is 2.23. The van der Waals surface area contributed by atoms with Gasteiger partial charge in [0.15, 0.2) is 0 Å². The number of thiazole rings is 1. The molecule has 0 bridgehead atoms. The zero-order valence-electron chi connectivity index (χ0n) is 8.83. The van der Waals surface area contributed by atoms with Crippen molar-refractivity contribution in [1.29, 1.82) is 0 Å². The predicted octanol–water partition coefficient (Wildman–Crippen LogP) is 2.41. The van der Waals surface area contributed by atoms with Crippen molar-refractivity contribution >= 4 is 44.3 Å². The van der Waals surface area contributed by atoms with E-state index in [1.54, 1.807) is 0 Å². The molecule has 0 unspecified atom stereocenters. The van der Waals surface area contributed by atoms with Crippen molar-refractivity contribution in [3.8, 4) is 0 Å². The third kappa shape index (κ3) is 3.41. The Labute approximate surface area is 109 Å². The average molecular weight is 289 g/mol. The first kappa shape index (κ1) is 12.8. The van der Waals surface area contributed by atoms with Crippen LogP contribution in [0.5, 0.6) is 0 Å². The maximum Gasteiger partial charge on any atom is 0.264 e. The highest BCUT2D eigenvalue weighted by molar-refractivity contribution is 7.85. The first-order valence-corrected chi connectivity index (χ1v) is 7.85. The molecule has 1 heterocycles. The van der Waals surface area contributed by atoms with Crippen molar-refractivity contribution < 1.29 is 13.0 Å². The molecule has 7 heteroatoms. The van der Waals surface area contributed by atoms with E-state index in [1.165, 1.54) is 11.3 Å². The summed E-state index contributed by atoms with van der Waals surface area (Å²) in [6.07, 6.45) is 0.924. The van der Waals surface area contributed by atoms with Crippen molar-refractivity contribution in [3.63, 3.8) is 0 Å². The summed E-state index contributed by atoms with van der Waals surface area (Å²) in [4.78, 5) is 5.22. The molecule has 1 aromatic carbocycles. The number of aryl methyl sites for hydroxylation is 1.